The van der Waals surface area contributed by atoms with Crippen LogP contribution in [0.15, 0.2) is 36.4 Å². The molecule has 158 valence electrons. The second kappa shape index (κ2) is 8.72. The van der Waals surface area contributed by atoms with Crippen LogP contribution in [0.2, 0.25) is 0 Å². The Morgan fingerprint density at radius 2 is 1.50 bits per heavy atom. The monoisotopic (exact) mass is 418 g/mol. The molecular formula is C19H19FN4O6. The first-order chi connectivity index (χ1) is 14.3. The first-order valence-electron chi connectivity index (χ1n) is 9.21. The van der Waals surface area contributed by atoms with Crippen LogP contribution in [0.5, 0.6) is 0 Å². The zero-order chi connectivity index (χ0) is 21.8. The fourth-order valence-corrected chi connectivity index (χ4v) is 3.38. The number of rotatable bonds is 6. The number of carbonyl (C=O) groups is 1. The standard InChI is InChI=1S/C19H19FN4O6/c1-2-30-19(25)13-11-16(23(26)27)18(17(12-13)24(28)29)22-9-7-21(8-10-22)15-5-3-14(20)4-6-15/h3-6,11-12H,2,7-10H2,1H3. The van der Waals surface area contributed by atoms with Crippen LogP contribution < -0.4 is 9.80 Å². The third kappa shape index (κ3) is 4.29. The summed E-state index contributed by atoms with van der Waals surface area (Å²) in [7, 11) is 0. The minimum absolute atomic E-state index is 0.0352. The van der Waals surface area contributed by atoms with Crippen LogP contribution in [0.4, 0.5) is 27.1 Å². The van der Waals surface area contributed by atoms with E-state index in [1.54, 1.807) is 24.0 Å². The van der Waals surface area contributed by atoms with E-state index in [2.05, 4.69) is 0 Å². The van der Waals surface area contributed by atoms with Crippen LogP contribution in [0.1, 0.15) is 17.3 Å². The number of esters is 1. The van der Waals surface area contributed by atoms with E-state index in [4.69, 9.17) is 4.74 Å². The number of halogens is 1. The Morgan fingerprint density at radius 3 is 1.97 bits per heavy atom. The summed E-state index contributed by atoms with van der Waals surface area (Å²) < 4.78 is 18.0. The summed E-state index contributed by atoms with van der Waals surface area (Å²) in [6, 6.07) is 7.95. The smallest absolute Gasteiger partial charge is 0.338 e. The number of nitro benzene ring substituents is 2. The van der Waals surface area contributed by atoms with Crippen LogP contribution in [0.25, 0.3) is 0 Å². The van der Waals surface area contributed by atoms with E-state index in [1.807, 2.05) is 4.90 Å². The van der Waals surface area contributed by atoms with Crippen molar-refractivity contribution in [1.29, 1.82) is 0 Å². The van der Waals surface area contributed by atoms with Crippen LogP contribution in [0, 0.1) is 26.0 Å². The van der Waals surface area contributed by atoms with Crippen molar-refractivity contribution in [2.75, 3.05) is 42.6 Å². The number of nitro groups is 2. The van der Waals surface area contributed by atoms with Crippen molar-refractivity contribution in [3.8, 4) is 0 Å². The first kappa shape index (κ1) is 21.0. The Hall–Kier alpha value is -3.76. The quantitative estimate of drug-likeness (QED) is 0.399. The normalized spacial score (nSPS) is 13.8. The average molecular weight is 418 g/mol. The lowest BCUT2D eigenvalue weighted by Gasteiger charge is -2.36. The minimum atomic E-state index is -0.864. The minimum Gasteiger partial charge on any atom is -0.462 e. The van der Waals surface area contributed by atoms with E-state index < -0.39 is 27.2 Å². The van der Waals surface area contributed by atoms with Gasteiger partial charge in [-0.2, -0.15) is 0 Å². The topological polar surface area (TPSA) is 119 Å². The molecule has 2 aromatic carbocycles. The fraction of sp³-hybridized carbons (Fsp3) is 0.316. The summed E-state index contributed by atoms with van der Waals surface area (Å²) in [4.78, 5) is 37.3. The van der Waals surface area contributed by atoms with Gasteiger partial charge in [0.15, 0.2) is 5.69 Å². The van der Waals surface area contributed by atoms with Gasteiger partial charge in [0.05, 0.1) is 22.0 Å². The molecule has 0 amide bonds. The Kier molecular flexibility index (Phi) is 6.09. The molecule has 0 bridgehead atoms. The van der Waals surface area contributed by atoms with Crippen LogP contribution >= 0.6 is 0 Å². The van der Waals surface area contributed by atoms with Gasteiger partial charge < -0.3 is 14.5 Å². The molecule has 2 aromatic rings. The number of nitrogens with zero attached hydrogens (tertiary/aromatic N) is 4. The lowest BCUT2D eigenvalue weighted by atomic mass is 10.1. The number of carbonyl (C=O) groups excluding carboxylic acids is 1. The van der Waals surface area contributed by atoms with Gasteiger partial charge in [-0.05, 0) is 31.2 Å². The van der Waals surface area contributed by atoms with Gasteiger partial charge in [0.1, 0.15) is 5.82 Å². The van der Waals surface area contributed by atoms with E-state index in [1.165, 1.54) is 12.1 Å². The van der Waals surface area contributed by atoms with E-state index in [0.717, 1.165) is 17.8 Å². The highest BCUT2D eigenvalue weighted by Gasteiger charge is 2.34. The number of hydrogen-bond donors (Lipinski definition) is 0. The number of hydrogen-bond acceptors (Lipinski definition) is 8. The zero-order valence-electron chi connectivity index (χ0n) is 16.1. The highest BCUT2D eigenvalue weighted by Crippen LogP contribution is 2.39. The van der Waals surface area contributed by atoms with Gasteiger partial charge in [0.25, 0.3) is 0 Å². The van der Waals surface area contributed by atoms with Crippen molar-refractivity contribution in [3.63, 3.8) is 0 Å². The molecule has 1 aliphatic rings. The van der Waals surface area contributed by atoms with E-state index in [-0.39, 0.29) is 36.8 Å². The SMILES string of the molecule is CCOC(=O)c1cc([N+](=O)[O-])c(N2CCN(c3ccc(F)cc3)CC2)c([N+](=O)[O-])c1. The zero-order valence-corrected chi connectivity index (χ0v) is 16.1. The van der Waals surface area contributed by atoms with Gasteiger partial charge in [-0.25, -0.2) is 9.18 Å². The third-order valence-corrected chi connectivity index (χ3v) is 4.76. The van der Waals surface area contributed by atoms with Gasteiger partial charge in [-0.3, -0.25) is 20.2 Å². The summed E-state index contributed by atoms with van der Waals surface area (Å²) in [5, 5.41) is 23.3. The Morgan fingerprint density at radius 1 is 1.00 bits per heavy atom. The summed E-state index contributed by atoms with van der Waals surface area (Å²) in [5.41, 5.74) is -0.650. The van der Waals surface area contributed by atoms with Gasteiger partial charge in [0, 0.05) is 44.0 Å². The molecule has 0 radical (unpaired) electrons. The summed E-state index contributed by atoms with van der Waals surface area (Å²) in [6.07, 6.45) is 0. The number of ether oxygens (including phenoxy) is 1. The molecule has 1 heterocycles. The Balaban J connectivity index is 1.93. The summed E-state index contributed by atoms with van der Waals surface area (Å²) in [5.74, 6) is -1.22. The number of anilines is 2. The van der Waals surface area contributed by atoms with Crippen LogP contribution in [-0.4, -0.2) is 48.6 Å². The fourth-order valence-electron chi connectivity index (χ4n) is 3.38. The third-order valence-electron chi connectivity index (χ3n) is 4.76. The van der Waals surface area contributed by atoms with E-state index >= 15 is 0 Å². The molecule has 0 spiro atoms. The summed E-state index contributed by atoms with van der Waals surface area (Å²) in [6.45, 7) is 3.01. The van der Waals surface area contributed by atoms with Gasteiger partial charge in [-0.1, -0.05) is 0 Å². The maximum absolute atomic E-state index is 13.1. The maximum Gasteiger partial charge on any atom is 0.338 e. The van der Waals surface area contributed by atoms with E-state index in [0.29, 0.717) is 13.1 Å². The lowest BCUT2D eigenvalue weighted by molar-refractivity contribution is -0.392. The van der Waals surface area contributed by atoms with Crippen molar-refractivity contribution in [1.82, 2.24) is 0 Å². The van der Waals surface area contributed by atoms with Crippen LogP contribution in [0.3, 0.4) is 0 Å². The molecule has 0 N–H and O–H groups in total. The molecule has 0 saturated carbocycles. The molecule has 1 aliphatic heterocycles. The molecule has 1 saturated heterocycles. The molecule has 10 nitrogen and oxygen atoms in total. The highest BCUT2D eigenvalue weighted by molar-refractivity contribution is 5.94. The largest absolute Gasteiger partial charge is 0.462 e. The van der Waals surface area contributed by atoms with Crippen molar-refractivity contribution >= 4 is 28.7 Å². The second-order valence-electron chi connectivity index (χ2n) is 6.55. The highest BCUT2D eigenvalue weighted by atomic mass is 19.1. The second-order valence-corrected chi connectivity index (χ2v) is 6.55. The molecule has 0 aromatic heterocycles. The van der Waals surface area contributed by atoms with Crippen molar-refractivity contribution < 1.29 is 23.8 Å². The van der Waals surface area contributed by atoms with Gasteiger partial charge in [-0.15, -0.1) is 0 Å². The Bertz CT molecular complexity index is 938. The van der Waals surface area contributed by atoms with Crippen molar-refractivity contribution in [2.45, 2.75) is 6.92 Å². The van der Waals surface area contributed by atoms with Crippen LogP contribution in [-0.2, 0) is 4.74 Å². The maximum atomic E-state index is 13.1. The Labute approximate surface area is 170 Å². The molecule has 1 fully saturated rings. The molecule has 30 heavy (non-hydrogen) atoms. The molecule has 0 unspecified atom stereocenters. The van der Waals surface area contributed by atoms with E-state index in [9.17, 15) is 29.4 Å². The lowest BCUT2D eigenvalue weighted by Crippen LogP contribution is -2.47. The average Bonchev–Trinajstić information content (AvgIpc) is 2.73. The predicted molar refractivity (Wildman–Crippen MR) is 107 cm³/mol. The van der Waals surface area contributed by atoms with Gasteiger partial charge >= 0.3 is 17.3 Å². The molecule has 0 atom stereocenters. The van der Waals surface area contributed by atoms with Crippen molar-refractivity contribution in [2.24, 2.45) is 0 Å². The van der Waals surface area contributed by atoms with Crippen molar-refractivity contribution in [3.05, 3.63) is 68.0 Å². The molecular weight excluding hydrogens is 399 g/mol. The number of benzene rings is 2. The van der Waals surface area contributed by atoms with Gasteiger partial charge in [0.2, 0.25) is 0 Å². The number of piperazine rings is 1. The summed E-state index contributed by atoms with van der Waals surface area (Å²) >= 11 is 0. The predicted octanol–water partition coefficient (Wildman–Crippen LogP) is 3.15. The molecule has 3 rings (SSSR count). The first-order valence-corrected chi connectivity index (χ1v) is 9.21. The molecule has 11 heteroatoms. The molecule has 0 aliphatic carbocycles.